The number of aliphatic hydroxyl groups excluding tert-OH is 1. The largest absolute Gasteiger partial charge is 0.390 e. The van der Waals surface area contributed by atoms with E-state index in [9.17, 15) is 14.7 Å². The van der Waals surface area contributed by atoms with E-state index in [1.165, 1.54) is 6.92 Å². The van der Waals surface area contributed by atoms with Crippen molar-refractivity contribution in [2.24, 2.45) is 0 Å². The highest BCUT2D eigenvalue weighted by molar-refractivity contribution is 6.02. The zero-order chi connectivity index (χ0) is 17.4. The molecule has 7 heteroatoms. The van der Waals surface area contributed by atoms with Gasteiger partial charge >= 0.3 is 0 Å². The van der Waals surface area contributed by atoms with Gasteiger partial charge < -0.3 is 19.7 Å². The van der Waals surface area contributed by atoms with Crippen LogP contribution in [0.25, 0.3) is 0 Å². The number of aromatic nitrogens is 1. The van der Waals surface area contributed by atoms with Crippen molar-refractivity contribution in [3.05, 3.63) is 22.5 Å². The number of β-amino-alcohol motifs (C(OH)–C–C–N with tert-alkyl or cyclic N) is 1. The van der Waals surface area contributed by atoms with E-state index < -0.39 is 6.10 Å². The number of amides is 1. The molecule has 1 aromatic heterocycles. The molecular formula is C17H25N3O4. The first-order valence-electron chi connectivity index (χ1n) is 8.39. The van der Waals surface area contributed by atoms with Gasteiger partial charge in [0.05, 0.1) is 36.6 Å². The molecule has 2 aliphatic rings. The summed E-state index contributed by atoms with van der Waals surface area (Å²) in [7, 11) is 0. The Labute approximate surface area is 141 Å². The number of Topliss-reactive ketones (excluding diaryl/α,β-unsaturated/α-hetero) is 1. The summed E-state index contributed by atoms with van der Waals surface area (Å²) in [5.41, 5.74) is 2.43. The van der Waals surface area contributed by atoms with Gasteiger partial charge in [-0.2, -0.15) is 0 Å². The van der Waals surface area contributed by atoms with Crippen LogP contribution in [0.15, 0.2) is 0 Å². The number of ether oxygens (including phenoxy) is 1. The zero-order valence-corrected chi connectivity index (χ0v) is 14.5. The molecule has 1 aromatic rings. The molecule has 0 aliphatic carbocycles. The average molecular weight is 335 g/mol. The summed E-state index contributed by atoms with van der Waals surface area (Å²) in [6.07, 6.45) is -0.557. The molecule has 7 nitrogen and oxygen atoms in total. The number of nitrogens with zero attached hydrogens (tertiary/aromatic N) is 2. The smallest absolute Gasteiger partial charge is 0.256 e. The highest BCUT2D eigenvalue weighted by atomic mass is 16.5. The van der Waals surface area contributed by atoms with E-state index in [0.29, 0.717) is 48.8 Å². The summed E-state index contributed by atoms with van der Waals surface area (Å²) in [6, 6.07) is -0.0512. The number of aliphatic hydroxyl groups is 1. The number of carbonyl (C=O) groups is 2. The SMILES string of the molecule is CC(=O)c1[nH]c(C)c(C(=O)N2C[C@H](O)[C@@H](N3CCOCC3)C2)c1C. The van der Waals surface area contributed by atoms with Crippen molar-refractivity contribution in [3.63, 3.8) is 0 Å². The van der Waals surface area contributed by atoms with E-state index >= 15 is 0 Å². The quantitative estimate of drug-likeness (QED) is 0.779. The molecule has 24 heavy (non-hydrogen) atoms. The fourth-order valence-electron chi connectivity index (χ4n) is 3.78. The average Bonchev–Trinajstić information content (AvgIpc) is 3.08. The van der Waals surface area contributed by atoms with Gasteiger partial charge in [-0.15, -0.1) is 0 Å². The summed E-state index contributed by atoms with van der Waals surface area (Å²) < 4.78 is 5.35. The molecule has 132 valence electrons. The number of nitrogens with one attached hydrogen (secondary N) is 1. The molecule has 2 fully saturated rings. The van der Waals surface area contributed by atoms with Crippen molar-refractivity contribution >= 4 is 11.7 Å². The molecule has 0 radical (unpaired) electrons. The lowest BCUT2D eigenvalue weighted by Crippen LogP contribution is -2.49. The van der Waals surface area contributed by atoms with Crippen molar-refractivity contribution < 1.29 is 19.4 Å². The molecule has 1 amide bonds. The Balaban J connectivity index is 1.78. The van der Waals surface area contributed by atoms with Crippen molar-refractivity contribution in [2.75, 3.05) is 39.4 Å². The number of ketones is 1. The van der Waals surface area contributed by atoms with Gasteiger partial charge in [-0.1, -0.05) is 0 Å². The molecule has 2 aliphatic heterocycles. The summed E-state index contributed by atoms with van der Waals surface area (Å²) in [5.74, 6) is -0.203. The lowest BCUT2D eigenvalue weighted by atomic mass is 10.1. The Morgan fingerprint density at radius 2 is 1.88 bits per heavy atom. The highest BCUT2D eigenvalue weighted by Gasteiger charge is 2.39. The second-order valence-corrected chi connectivity index (χ2v) is 6.67. The maximum absolute atomic E-state index is 12.9. The number of aromatic amines is 1. The third-order valence-corrected chi connectivity index (χ3v) is 5.06. The van der Waals surface area contributed by atoms with Crippen LogP contribution >= 0.6 is 0 Å². The fourth-order valence-corrected chi connectivity index (χ4v) is 3.78. The lowest BCUT2D eigenvalue weighted by molar-refractivity contribution is -0.00611. The van der Waals surface area contributed by atoms with Gasteiger partial charge in [0.2, 0.25) is 0 Å². The van der Waals surface area contributed by atoms with Crippen LogP contribution in [-0.4, -0.2) is 83.1 Å². The molecule has 3 heterocycles. The first-order valence-corrected chi connectivity index (χ1v) is 8.39. The third-order valence-electron chi connectivity index (χ3n) is 5.06. The van der Waals surface area contributed by atoms with E-state index in [0.717, 1.165) is 13.1 Å². The Kier molecular flexibility index (Phi) is 4.76. The number of likely N-dealkylation sites (tertiary alicyclic amines) is 1. The van der Waals surface area contributed by atoms with Crippen molar-refractivity contribution in [3.8, 4) is 0 Å². The molecule has 0 spiro atoms. The van der Waals surface area contributed by atoms with Crippen LogP contribution in [0.5, 0.6) is 0 Å². The molecule has 2 atom stereocenters. The van der Waals surface area contributed by atoms with Crippen LogP contribution in [-0.2, 0) is 4.74 Å². The monoisotopic (exact) mass is 335 g/mol. The number of hydrogen-bond donors (Lipinski definition) is 2. The van der Waals surface area contributed by atoms with Crippen molar-refractivity contribution in [2.45, 2.75) is 32.9 Å². The predicted molar refractivity (Wildman–Crippen MR) is 88.4 cm³/mol. The Bertz CT molecular complexity index is 649. The second kappa shape index (κ2) is 6.66. The first kappa shape index (κ1) is 17.1. The van der Waals surface area contributed by atoms with Crippen LogP contribution in [0, 0.1) is 13.8 Å². The topological polar surface area (TPSA) is 85.9 Å². The van der Waals surface area contributed by atoms with Gasteiger partial charge in [-0.05, 0) is 19.4 Å². The van der Waals surface area contributed by atoms with Crippen LogP contribution < -0.4 is 0 Å². The van der Waals surface area contributed by atoms with E-state index in [1.54, 1.807) is 18.7 Å². The van der Waals surface area contributed by atoms with Crippen molar-refractivity contribution in [1.82, 2.24) is 14.8 Å². The number of rotatable bonds is 3. The van der Waals surface area contributed by atoms with Gasteiger partial charge in [-0.3, -0.25) is 14.5 Å². The molecule has 0 unspecified atom stereocenters. The number of H-pyrrole nitrogens is 1. The number of morpholine rings is 1. The number of carbonyl (C=O) groups excluding carboxylic acids is 2. The lowest BCUT2D eigenvalue weighted by Gasteiger charge is -2.33. The van der Waals surface area contributed by atoms with Gasteiger partial charge in [0.15, 0.2) is 5.78 Å². The zero-order valence-electron chi connectivity index (χ0n) is 14.5. The van der Waals surface area contributed by atoms with Crippen LogP contribution in [0.1, 0.15) is 39.0 Å². The Hall–Kier alpha value is -1.70. The molecule has 0 saturated carbocycles. The predicted octanol–water partition coefficient (Wildman–Crippen LogP) is 0.352. The van der Waals surface area contributed by atoms with Gasteiger partial charge in [0.25, 0.3) is 5.91 Å². The normalized spacial score (nSPS) is 25.2. The molecular weight excluding hydrogens is 310 g/mol. The summed E-state index contributed by atoms with van der Waals surface area (Å²) >= 11 is 0. The molecule has 2 N–H and O–H groups in total. The number of hydrogen-bond acceptors (Lipinski definition) is 5. The Morgan fingerprint density at radius 1 is 1.21 bits per heavy atom. The fraction of sp³-hybridized carbons (Fsp3) is 0.647. The molecule has 0 bridgehead atoms. The van der Waals surface area contributed by atoms with E-state index in [1.807, 2.05) is 0 Å². The summed E-state index contributed by atoms with van der Waals surface area (Å²) in [5, 5.41) is 10.4. The van der Waals surface area contributed by atoms with Crippen LogP contribution in [0.4, 0.5) is 0 Å². The molecule has 3 rings (SSSR count). The summed E-state index contributed by atoms with van der Waals surface area (Å²) in [6.45, 7) is 8.78. The first-order chi connectivity index (χ1) is 11.4. The molecule has 2 saturated heterocycles. The van der Waals surface area contributed by atoms with Gasteiger partial charge in [-0.25, -0.2) is 0 Å². The van der Waals surface area contributed by atoms with Crippen molar-refractivity contribution in [1.29, 1.82) is 0 Å². The third kappa shape index (κ3) is 2.99. The number of aryl methyl sites for hydroxylation is 1. The van der Waals surface area contributed by atoms with E-state index in [-0.39, 0.29) is 17.7 Å². The van der Waals surface area contributed by atoms with Gasteiger partial charge in [0.1, 0.15) is 0 Å². The van der Waals surface area contributed by atoms with Crippen LogP contribution in [0.2, 0.25) is 0 Å². The van der Waals surface area contributed by atoms with E-state index in [2.05, 4.69) is 9.88 Å². The standard InChI is InChI=1S/C17H25N3O4/c1-10-15(11(2)18-16(10)12(3)21)17(23)20-8-13(14(22)9-20)19-4-6-24-7-5-19/h13-14,18,22H,4-9H2,1-3H3/t13-,14-/m0/s1. The van der Waals surface area contributed by atoms with Gasteiger partial charge in [0, 0.05) is 38.8 Å². The van der Waals surface area contributed by atoms with E-state index in [4.69, 9.17) is 4.74 Å². The molecule has 0 aromatic carbocycles. The minimum absolute atomic E-state index is 0.0512. The maximum Gasteiger partial charge on any atom is 0.256 e. The van der Waals surface area contributed by atoms with Crippen LogP contribution in [0.3, 0.4) is 0 Å². The maximum atomic E-state index is 12.9. The minimum atomic E-state index is -0.557. The highest BCUT2D eigenvalue weighted by Crippen LogP contribution is 2.24. The Morgan fingerprint density at radius 3 is 2.46 bits per heavy atom. The second-order valence-electron chi connectivity index (χ2n) is 6.67. The summed E-state index contributed by atoms with van der Waals surface area (Å²) in [4.78, 5) is 31.5. The minimum Gasteiger partial charge on any atom is -0.390 e.